The summed E-state index contributed by atoms with van der Waals surface area (Å²) in [5.74, 6) is -0.680. The van der Waals surface area contributed by atoms with Gasteiger partial charge in [-0.15, -0.1) is 0 Å². The van der Waals surface area contributed by atoms with E-state index in [4.69, 9.17) is 5.73 Å². The fraction of sp³-hybridized carbons (Fsp3) is 0.100. The quantitative estimate of drug-likeness (QED) is 0.712. The molecule has 2 aromatic rings. The monoisotopic (exact) mass is 219 g/mol. The average molecular weight is 219 g/mol. The first-order chi connectivity index (χ1) is 7.63. The first kappa shape index (κ1) is 10.2. The summed E-state index contributed by atoms with van der Waals surface area (Å²) < 4.78 is 1.36. The van der Waals surface area contributed by atoms with Gasteiger partial charge in [0.25, 0.3) is 5.91 Å². The van der Waals surface area contributed by atoms with Crippen molar-refractivity contribution in [1.29, 1.82) is 0 Å². The lowest BCUT2D eigenvalue weighted by Gasteiger charge is -1.96. The normalized spacial score (nSPS) is 10.5. The number of aromatic nitrogens is 2. The molecule has 0 aliphatic heterocycles. The van der Waals surface area contributed by atoms with Crippen LogP contribution in [0.4, 0.5) is 0 Å². The Morgan fingerprint density at radius 2 is 2.31 bits per heavy atom. The Kier molecular flexibility index (Phi) is 2.32. The molecule has 6 nitrogen and oxygen atoms in total. The standard InChI is InChI=1S/C10H9N3O3/c11-10(16)9-7-5-6(15)1-2-8(7)13(12-9)3-4-14/h1-2,4-5,15H,3H2,(H2,11,16). The van der Waals surface area contributed by atoms with Crippen LogP contribution in [0.15, 0.2) is 18.2 Å². The van der Waals surface area contributed by atoms with Crippen molar-refractivity contribution in [2.45, 2.75) is 6.54 Å². The molecular weight excluding hydrogens is 210 g/mol. The van der Waals surface area contributed by atoms with Crippen LogP contribution in [0.25, 0.3) is 10.9 Å². The molecule has 82 valence electrons. The number of phenolic OH excluding ortho intramolecular Hbond substituents is 1. The minimum Gasteiger partial charge on any atom is -0.508 e. The predicted octanol–water partition coefficient (Wildman–Crippen LogP) is 0.0397. The van der Waals surface area contributed by atoms with Crippen molar-refractivity contribution in [2.75, 3.05) is 0 Å². The smallest absolute Gasteiger partial charge is 0.269 e. The predicted molar refractivity (Wildman–Crippen MR) is 56.0 cm³/mol. The van der Waals surface area contributed by atoms with Crippen molar-refractivity contribution < 1.29 is 14.7 Å². The van der Waals surface area contributed by atoms with Crippen molar-refractivity contribution in [3.05, 3.63) is 23.9 Å². The van der Waals surface area contributed by atoms with Crippen molar-refractivity contribution in [3.8, 4) is 5.75 Å². The second-order valence-corrected chi connectivity index (χ2v) is 3.26. The van der Waals surface area contributed by atoms with Gasteiger partial charge < -0.3 is 15.6 Å². The summed E-state index contributed by atoms with van der Waals surface area (Å²) >= 11 is 0. The highest BCUT2D eigenvalue weighted by molar-refractivity contribution is 6.04. The van der Waals surface area contributed by atoms with Crippen molar-refractivity contribution in [1.82, 2.24) is 9.78 Å². The van der Waals surface area contributed by atoms with Gasteiger partial charge in [0.05, 0.1) is 12.1 Å². The summed E-state index contributed by atoms with van der Waals surface area (Å²) in [6.45, 7) is 0.0363. The minimum absolute atomic E-state index is 0.0145. The lowest BCUT2D eigenvalue weighted by Crippen LogP contribution is -2.13. The fourth-order valence-electron chi connectivity index (χ4n) is 1.56. The highest BCUT2D eigenvalue weighted by Crippen LogP contribution is 2.22. The number of nitrogens with two attached hydrogens (primary N) is 1. The van der Waals surface area contributed by atoms with Crippen LogP contribution in [0.2, 0.25) is 0 Å². The minimum atomic E-state index is -0.694. The maximum absolute atomic E-state index is 11.1. The molecule has 3 N–H and O–H groups in total. The summed E-state index contributed by atoms with van der Waals surface area (Å²) in [6.07, 6.45) is 0.671. The molecule has 0 aliphatic rings. The molecule has 0 saturated heterocycles. The highest BCUT2D eigenvalue weighted by atomic mass is 16.3. The van der Waals surface area contributed by atoms with Gasteiger partial charge in [0.1, 0.15) is 12.0 Å². The molecule has 0 fully saturated rings. The molecule has 1 aromatic carbocycles. The van der Waals surface area contributed by atoms with Crippen LogP contribution in [-0.4, -0.2) is 27.1 Å². The summed E-state index contributed by atoms with van der Waals surface area (Å²) in [6, 6.07) is 4.42. The Morgan fingerprint density at radius 1 is 1.56 bits per heavy atom. The molecule has 16 heavy (non-hydrogen) atoms. The zero-order valence-electron chi connectivity index (χ0n) is 8.25. The summed E-state index contributed by atoms with van der Waals surface area (Å²) in [7, 11) is 0. The van der Waals surface area contributed by atoms with Crippen LogP contribution in [0.5, 0.6) is 5.75 Å². The van der Waals surface area contributed by atoms with E-state index in [0.29, 0.717) is 17.2 Å². The van der Waals surface area contributed by atoms with Gasteiger partial charge >= 0.3 is 0 Å². The summed E-state index contributed by atoms with van der Waals surface area (Å²) in [5, 5.41) is 13.7. The fourth-order valence-corrected chi connectivity index (χ4v) is 1.56. The largest absolute Gasteiger partial charge is 0.508 e. The Balaban J connectivity index is 2.75. The third kappa shape index (κ3) is 1.50. The van der Waals surface area contributed by atoms with Crippen LogP contribution in [0.3, 0.4) is 0 Å². The molecule has 0 atom stereocenters. The van der Waals surface area contributed by atoms with Gasteiger partial charge in [-0.05, 0) is 18.2 Å². The number of rotatable bonds is 3. The van der Waals surface area contributed by atoms with E-state index in [-0.39, 0.29) is 18.0 Å². The van der Waals surface area contributed by atoms with Gasteiger partial charge in [-0.25, -0.2) is 0 Å². The molecule has 0 bridgehead atoms. The molecule has 0 unspecified atom stereocenters. The number of benzene rings is 1. The maximum atomic E-state index is 11.1. The Bertz CT molecular complexity index is 574. The van der Waals surface area contributed by atoms with Gasteiger partial charge in [-0.1, -0.05) is 0 Å². The van der Waals surface area contributed by atoms with Crippen LogP contribution in [0, 0.1) is 0 Å². The van der Waals surface area contributed by atoms with Crippen molar-refractivity contribution in [3.63, 3.8) is 0 Å². The molecule has 1 heterocycles. The Hall–Kier alpha value is -2.37. The van der Waals surface area contributed by atoms with Gasteiger partial charge in [-0.3, -0.25) is 9.48 Å². The number of nitrogens with zero attached hydrogens (tertiary/aromatic N) is 2. The van der Waals surface area contributed by atoms with E-state index in [1.165, 1.54) is 16.8 Å². The van der Waals surface area contributed by atoms with Crippen molar-refractivity contribution in [2.24, 2.45) is 5.73 Å². The Morgan fingerprint density at radius 3 is 2.94 bits per heavy atom. The number of aldehydes is 1. The highest BCUT2D eigenvalue weighted by Gasteiger charge is 2.14. The van der Waals surface area contributed by atoms with Gasteiger partial charge in [0, 0.05) is 5.39 Å². The zero-order valence-corrected chi connectivity index (χ0v) is 8.25. The lowest BCUT2D eigenvalue weighted by atomic mass is 10.2. The van der Waals surface area contributed by atoms with Crippen molar-refractivity contribution >= 4 is 23.1 Å². The van der Waals surface area contributed by atoms with Crippen LogP contribution < -0.4 is 5.73 Å². The molecule has 1 amide bonds. The van der Waals surface area contributed by atoms with Crippen LogP contribution >= 0.6 is 0 Å². The number of carbonyl (C=O) groups is 2. The molecule has 0 aliphatic carbocycles. The van der Waals surface area contributed by atoms with Crippen LogP contribution in [-0.2, 0) is 11.3 Å². The van der Waals surface area contributed by atoms with E-state index in [0.717, 1.165) is 0 Å². The number of carbonyl (C=O) groups excluding carboxylic acids is 2. The second kappa shape index (κ2) is 3.65. The van der Waals surface area contributed by atoms with E-state index >= 15 is 0 Å². The first-order valence-electron chi connectivity index (χ1n) is 4.56. The third-order valence-corrected chi connectivity index (χ3v) is 2.21. The number of amides is 1. The van der Waals surface area contributed by atoms with Gasteiger partial charge in [-0.2, -0.15) is 5.10 Å². The van der Waals surface area contributed by atoms with E-state index in [2.05, 4.69) is 5.10 Å². The second-order valence-electron chi connectivity index (χ2n) is 3.26. The lowest BCUT2D eigenvalue weighted by molar-refractivity contribution is -0.108. The third-order valence-electron chi connectivity index (χ3n) is 2.21. The first-order valence-corrected chi connectivity index (χ1v) is 4.56. The SMILES string of the molecule is NC(=O)c1nn(CC=O)c2ccc(O)cc12. The topological polar surface area (TPSA) is 98.2 Å². The number of fused-ring (bicyclic) bond motifs is 1. The number of hydrogen-bond acceptors (Lipinski definition) is 4. The summed E-state index contributed by atoms with van der Waals surface area (Å²) in [5.41, 5.74) is 5.79. The molecular formula is C10H9N3O3. The molecule has 0 spiro atoms. The van der Waals surface area contributed by atoms with E-state index < -0.39 is 5.91 Å². The molecule has 2 rings (SSSR count). The van der Waals surface area contributed by atoms with E-state index in [9.17, 15) is 14.7 Å². The number of primary amides is 1. The molecule has 6 heteroatoms. The Labute approximate surface area is 90.3 Å². The number of hydrogen-bond donors (Lipinski definition) is 2. The molecule has 0 saturated carbocycles. The number of aromatic hydroxyl groups is 1. The summed E-state index contributed by atoms with van der Waals surface area (Å²) in [4.78, 5) is 21.6. The van der Waals surface area contributed by atoms with Gasteiger partial charge in [0.2, 0.25) is 0 Å². The van der Waals surface area contributed by atoms with Gasteiger partial charge in [0.15, 0.2) is 5.69 Å². The molecule has 0 radical (unpaired) electrons. The maximum Gasteiger partial charge on any atom is 0.269 e. The average Bonchev–Trinajstić information content (AvgIpc) is 2.57. The number of phenols is 1. The van der Waals surface area contributed by atoms with Crippen LogP contribution in [0.1, 0.15) is 10.5 Å². The zero-order chi connectivity index (χ0) is 11.7. The van der Waals surface area contributed by atoms with E-state index in [1.54, 1.807) is 6.07 Å². The molecule has 1 aromatic heterocycles. The van der Waals surface area contributed by atoms with E-state index in [1.807, 2.05) is 0 Å².